The van der Waals surface area contributed by atoms with E-state index in [1.54, 1.807) is 12.1 Å². The van der Waals surface area contributed by atoms with Crippen LogP contribution in [-0.4, -0.2) is 16.8 Å². The highest BCUT2D eigenvalue weighted by molar-refractivity contribution is 5.31. The second kappa shape index (κ2) is 7.46. The van der Waals surface area contributed by atoms with Gasteiger partial charge in [0.25, 0.3) is 0 Å². The van der Waals surface area contributed by atoms with Crippen molar-refractivity contribution >= 4 is 0 Å². The summed E-state index contributed by atoms with van der Waals surface area (Å²) in [6.45, 7) is 4.32. The van der Waals surface area contributed by atoms with Crippen molar-refractivity contribution in [1.82, 2.24) is 0 Å². The summed E-state index contributed by atoms with van der Waals surface area (Å²) in [6, 6.07) is 16.2. The van der Waals surface area contributed by atoms with Crippen LogP contribution in [0.4, 0.5) is 0 Å². The van der Waals surface area contributed by atoms with Gasteiger partial charge in [0.1, 0.15) is 11.9 Å². The molecule has 2 aromatic rings. The summed E-state index contributed by atoms with van der Waals surface area (Å²) in [5.41, 5.74) is 5.03. The van der Waals surface area contributed by atoms with Gasteiger partial charge in [-0.3, -0.25) is 0 Å². The van der Waals surface area contributed by atoms with E-state index in [9.17, 15) is 10.2 Å². The summed E-state index contributed by atoms with van der Waals surface area (Å²) in [6.07, 6.45) is -0.834. The molecule has 0 heterocycles. The third kappa shape index (κ3) is 4.33. The number of aliphatic hydroxyl groups is 1. The van der Waals surface area contributed by atoms with E-state index in [1.165, 1.54) is 12.1 Å². The van der Waals surface area contributed by atoms with Crippen LogP contribution in [0.2, 0.25) is 0 Å². The number of aliphatic hydroxyl groups excluding tert-OH is 1. The number of rotatable bonds is 6. The number of hydrogen-bond acceptors (Lipinski definition) is 3. The Morgan fingerprint density at radius 3 is 2.38 bits per heavy atom. The largest absolute Gasteiger partial charge is 0.508 e. The van der Waals surface area contributed by atoms with Gasteiger partial charge in [0, 0.05) is 5.57 Å². The van der Waals surface area contributed by atoms with Crippen LogP contribution in [0.15, 0.2) is 72.5 Å². The number of phenolic OH excluding ortho intramolecular Hbond substituents is 1. The molecule has 2 N–H and O–H groups in total. The topological polar surface area (TPSA) is 49.7 Å². The normalized spacial score (nSPS) is 11.7. The molecule has 2 aromatic carbocycles. The summed E-state index contributed by atoms with van der Waals surface area (Å²) >= 11 is 0. The van der Waals surface area contributed by atoms with E-state index in [0.717, 1.165) is 5.56 Å². The smallest absolute Gasteiger partial charge is 0.115 e. The molecule has 0 fully saturated rings. The van der Waals surface area contributed by atoms with Crippen LogP contribution in [-0.2, 0) is 11.3 Å². The molecule has 0 bridgehead atoms. The fraction of sp³-hybridized carbons (Fsp3) is 0.167. The minimum atomic E-state index is -0.834. The van der Waals surface area contributed by atoms with E-state index >= 15 is 0 Å². The predicted molar refractivity (Wildman–Crippen MR) is 81.8 cm³/mol. The molecule has 0 aromatic heterocycles. The van der Waals surface area contributed by atoms with Crippen LogP contribution in [0.3, 0.4) is 0 Å². The lowest BCUT2D eigenvalue weighted by Gasteiger charge is -2.14. The van der Waals surface area contributed by atoms with Gasteiger partial charge in [0.05, 0.1) is 13.2 Å². The van der Waals surface area contributed by atoms with E-state index in [-0.39, 0.29) is 12.4 Å². The molecule has 1 atom stereocenters. The van der Waals surface area contributed by atoms with Crippen LogP contribution in [0.1, 0.15) is 17.2 Å². The van der Waals surface area contributed by atoms with Gasteiger partial charge in [-0.1, -0.05) is 49.0 Å². The number of aromatic hydroxyl groups is 1. The van der Waals surface area contributed by atoms with Crippen LogP contribution in [0, 0.1) is 0 Å². The van der Waals surface area contributed by atoms with Crippen molar-refractivity contribution in [3.63, 3.8) is 0 Å². The van der Waals surface area contributed by atoms with E-state index in [2.05, 4.69) is 12.3 Å². The van der Waals surface area contributed by atoms with Crippen LogP contribution < -0.4 is 0 Å². The fourth-order valence-corrected chi connectivity index (χ4v) is 1.94. The first-order chi connectivity index (χ1) is 10.2. The number of phenols is 1. The van der Waals surface area contributed by atoms with Gasteiger partial charge >= 0.3 is 0 Å². The molecule has 0 saturated carbocycles. The molecule has 0 spiro atoms. The summed E-state index contributed by atoms with van der Waals surface area (Å²) < 4.78 is 5.59. The van der Waals surface area contributed by atoms with Crippen molar-refractivity contribution in [2.45, 2.75) is 12.7 Å². The standard InChI is InChI=1S/C18H18O3/c1-2-15(13-21-12-14-6-4-3-5-7-14)18(20)16-8-10-17(19)11-9-16/h3-11,18-20H,1,12-13H2. The molecule has 3 heteroatoms. The van der Waals surface area contributed by atoms with Gasteiger partial charge in [-0.15, -0.1) is 5.73 Å². The van der Waals surface area contributed by atoms with Crippen molar-refractivity contribution < 1.29 is 14.9 Å². The highest BCUT2D eigenvalue weighted by Gasteiger charge is 2.13. The SMILES string of the molecule is C=C=C(COCc1ccccc1)C(O)c1ccc(O)cc1. The third-order valence-electron chi connectivity index (χ3n) is 3.14. The maximum atomic E-state index is 10.3. The van der Waals surface area contributed by atoms with Gasteiger partial charge < -0.3 is 14.9 Å². The Bertz CT molecular complexity index is 611. The van der Waals surface area contributed by atoms with Crippen molar-refractivity contribution in [3.05, 3.63) is 83.6 Å². The van der Waals surface area contributed by atoms with Gasteiger partial charge in [0.2, 0.25) is 0 Å². The first-order valence-electron chi connectivity index (χ1n) is 6.68. The molecule has 0 aliphatic heterocycles. The van der Waals surface area contributed by atoms with Gasteiger partial charge in [-0.05, 0) is 23.3 Å². The van der Waals surface area contributed by atoms with Crippen molar-refractivity contribution in [3.8, 4) is 5.75 Å². The molecule has 0 amide bonds. The Labute approximate surface area is 124 Å². The first-order valence-corrected chi connectivity index (χ1v) is 6.68. The van der Waals surface area contributed by atoms with Crippen molar-refractivity contribution in [2.75, 3.05) is 6.61 Å². The van der Waals surface area contributed by atoms with Crippen LogP contribution >= 0.6 is 0 Å². The summed E-state index contributed by atoms with van der Waals surface area (Å²) in [4.78, 5) is 0. The number of ether oxygens (including phenoxy) is 1. The lowest BCUT2D eigenvalue weighted by molar-refractivity contribution is 0.116. The molecule has 0 aliphatic carbocycles. The minimum absolute atomic E-state index is 0.162. The minimum Gasteiger partial charge on any atom is -0.508 e. The quantitative estimate of drug-likeness (QED) is 0.799. The zero-order chi connectivity index (χ0) is 15.1. The number of benzene rings is 2. The van der Waals surface area contributed by atoms with Gasteiger partial charge in [-0.25, -0.2) is 0 Å². The van der Waals surface area contributed by atoms with E-state index in [0.29, 0.717) is 17.7 Å². The summed E-state index contributed by atoms with van der Waals surface area (Å²) in [5.74, 6) is 0.162. The molecule has 108 valence electrons. The molecule has 0 aliphatic rings. The Morgan fingerprint density at radius 1 is 1.10 bits per heavy atom. The monoisotopic (exact) mass is 282 g/mol. The van der Waals surface area contributed by atoms with Gasteiger partial charge in [-0.2, -0.15) is 0 Å². The molecule has 1 unspecified atom stereocenters. The Hall–Kier alpha value is -2.32. The Kier molecular flexibility index (Phi) is 5.35. The Balaban J connectivity index is 1.94. The number of hydrogen-bond donors (Lipinski definition) is 2. The Morgan fingerprint density at radius 2 is 1.76 bits per heavy atom. The first kappa shape index (κ1) is 15.1. The summed E-state index contributed by atoms with van der Waals surface area (Å²) in [5, 5.41) is 19.5. The average molecular weight is 282 g/mol. The third-order valence-corrected chi connectivity index (χ3v) is 3.14. The maximum Gasteiger partial charge on any atom is 0.115 e. The molecule has 3 nitrogen and oxygen atoms in total. The van der Waals surface area contributed by atoms with Crippen molar-refractivity contribution in [1.29, 1.82) is 0 Å². The lowest BCUT2D eigenvalue weighted by Crippen LogP contribution is -2.07. The average Bonchev–Trinajstić information content (AvgIpc) is 2.53. The molecular weight excluding hydrogens is 264 g/mol. The highest BCUT2D eigenvalue weighted by Crippen LogP contribution is 2.23. The molecule has 2 rings (SSSR count). The second-order valence-electron chi connectivity index (χ2n) is 4.67. The van der Waals surface area contributed by atoms with Gasteiger partial charge in [0.15, 0.2) is 0 Å². The van der Waals surface area contributed by atoms with E-state index in [1.807, 2.05) is 30.3 Å². The predicted octanol–water partition coefficient (Wildman–Crippen LogP) is 3.35. The van der Waals surface area contributed by atoms with E-state index < -0.39 is 6.10 Å². The second-order valence-corrected chi connectivity index (χ2v) is 4.67. The summed E-state index contributed by atoms with van der Waals surface area (Å²) in [7, 11) is 0. The van der Waals surface area contributed by atoms with Crippen LogP contribution in [0.5, 0.6) is 5.75 Å². The van der Waals surface area contributed by atoms with Crippen LogP contribution in [0.25, 0.3) is 0 Å². The molecule has 0 saturated heterocycles. The van der Waals surface area contributed by atoms with Crippen molar-refractivity contribution in [2.24, 2.45) is 0 Å². The van der Waals surface area contributed by atoms with E-state index in [4.69, 9.17) is 4.74 Å². The molecule has 0 radical (unpaired) electrons. The zero-order valence-electron chi connectivity index (χ0n) is 11.7. The molecular formula is C18H18O3. The zero-order valence-corrected chi connectivity index (χ0v) is 11.7. The maximum absolute atomic E-state index is 10.3. The lowest BCUT2D eigenvalue weighted by atomic mass is 10.0. The highest BCUT2D eigenvalue weighted by atomic mass is 16.5. The fourth-order valence-electron chi connectivity index (χ4n) is 1.94. The molecule has 21 heavy (non-hydrogen) atoms.